The molecule has 2 aliphatic rings. The van der Waals surface area contributed by atoms with Crippen LogP contribution in [0, 0.1) is 5.41 Å². The molecule has 0 aromatic heterocycles. The minimum atomic E-state index is -0.307. The summed E-state index contributed by atoms with van der Waals surface area (Å²) in [5, 5.41) is 3.63. The Labute approximate surface area is 160 Å². The van der Waals surface area contributed by atoms with Gasteiger partial charge in [0, 0.05) is 11.1 Å². The minimum absolute atomic E-state index is 0.132. The van der Waals surface area contributed by atoms with Gasteiger partial charge in [-0.2, -0.15) is 0 Å². The van der Waals surface area contributed by atoms with E-state index in [1.54, 1.807) is 6.07 Å². The Morgan fingerprint density at radius 3 is 2.74 bits per heavy atom. The molecule has 4 heteroatoms. The summed E-state index contributed by atoms with van der Waals surface area (Å²) in [5.74, 6) is 0.808. The van der Waals surface area contributed by atoms with Crippen molar-refractivity contribution in [1.82, 2.24) is 0 Å². The number of benzene rings is 2. The van der Waals surface area contributed by atoms with Crippen molar-refractivity contribution in [2.75, 3.05) is 12.4 Å². The first-order valence-electron chi connectivity index (χ1n) is 9.77. The van der Waals surface area contributed by atoms with Crippen LogP contribution in [0.1, 0.15) is 53.6 Å². The number of carbonyl (C=O) groups excluding carboxylic acids is 1. The molecular weight excluding hydrogens is 336 g/mol. The lowest BCUT2D eigenvalue weighted by Gasteiger charge is -2.42. The first-order valence-corrected chi connectivity index (χ1v) is 9.77. The Kier molecular flexibility index (Phi) is 4.97. The van der Waals surface area contributed by atoms with Crippen LogP contribution in [-0.2, 0) is 17.7 Å². The van der Waals surface area contributed by atoms with E-state index in [9.17, 15) is 4.79 Å². The number of hydrogen-bond acceptors (Lipinski definition) is 3. The van der Waals surface area contributed by atoms with Crippen molar-refractivity contribution in [3.63, 3.8) is 0 Å². The number of amidine groups is 1. The van der Waals surface area contributed by atoms with Crippen LogP contribution in [0.3, 0.4) is 0 Å². The fourth-order valence-electron chi connectivity index (χ4n) is 4.44. The summed E-state index contributed by atoms with van der Waals surface area (Å²) in [4.78, 5) is 16.8. The maximum Gasteiger partial charge on any atom is 0.337 e. The molecule has 1 spiro atoms. The van der Waals surface area contributed by atoms with Gasteiger partial charge in [0.05, 0.1) is 19.2 Å². The standard InChI is InChI=1S/C23H26N2O2/c1-27-21(26)18-10-7-8-17(14-18)16-24-22-23(12-5-2-6-13-23)15-19-9-3-4-11-20(19)25-22/h3-4,7-11,14H,2,5-6,12-13,15-16H2,1H3,(H,24,25). The fourth-order valence-corrected chi connectivity index (χ4v) is 4.44. The molecule has 1 aliphatic carbocycles. The van der Waals surface area contributed by atoms with Crippen molar-refractivity contribution < 1.29 is 9.53 Å². The number of aliphatic imine (C=N–C) groups is 1. The lowest BCUT2D eigenvalue weighted by atomic mass is 9.67. The van der Waals surface area contributed by atoms with Crippen molar-refractivity contribution >= 4 is 17.5 Å². The van der Waals surface area contributed by atoms with Gasteiger partial charge in [-0.1, -0.05) is 49.6 Å². The highest BCUT2D eigenvalue weighted by atomic mass is 16.5. The van der Waals surface area contributed by atoms with Crippen LogP contribution in [0.25, 0.3) is 0 Å². The van der Waals surface area contributed by atoms with Crippen LogP contribution >= 0.6 is 0 Å². The summed E-state index contributed by atoms with van der Waals surface area (Å²) in [5.41, 5.74) is 4.30. The highest BCUT2D eigenvalue weighted by Gasteiger charge is 2.40. The smallest absolute Gasteiger partial charge is 0.337 e. The summed E-state index contributed by atoms with van der Waals surface area (Å²) >= 11 is 0. The van der Waals surface area contributed by atoms with E-state index in [-0.39, 0.29) is 11.4 Å². The Morgan fingerprint density at radius 1 is 1.11 bits per heavy atom. The lowest BCUT2D eigenvalue weighted by molar-refractivity contribution is 0.0600. The number of carbonyl (C=O) groups is 1. The largest absolute Gasteiger partial charge is 0.465 e. The number of hydrogen-bond donors (Lipinski definition) is 1. The predicted molar refractivity (Wildman–Crippen MR) is 108 cm³/mol. The SMILES string of the molecule is COC(=O)c1cccc(CN=C2Nc3ccccc3CC23CCCCC3)c1. The topological polar surface area (TPSA) is 50.7 Å². The second-order valence-electron chi connectivity index (χ2n) is 7.66. The van der Waals surface area contributed by atoms with Crippen molar-refractivity contribution in [2.24, 2.45) is 10.4 Å². The molecule has 1 N–H and O–H groups in total. The number of methoxy groups -OCH3 is 1. The first kappa shape index (κ1) is 17.8. The molecule has 0 amide bonds. The van der Waals surface area contributed by atoms with Gasteiger partial charge < -0.3 is 10.1 Å². The van der Waals surface area contributed by atoms with Crippen LogP contribution < -0.4 is 5.32 Å². The van der Waals surface area contributed by atoms with Crippen LogP contribution in [0.5, 0.6) is 0 Å². The zero-order chi connectivity index (χ0) is 18.7. The molecule has 2 aromatic rings. The van der Waals surface area contributed by atoms with Crippen molar-refractivity contribution in [3.05, 3.63) is 65.2 Å². The van der Waals surface area contributed by atoms with E-state index in [4.69, 9.17) is 9.73 Å². The minimum Gasteiger partial charge on any atom is -0.465 e. The maximum absolute atomic E-state index is 11.8. The van der Waals surface area contributed by atoms with Gasteiger partial charge in [-0.25, -0.2) is 4.79 Å². The van der Waals surface area contributed by atoms with Gasteiger partial charge in [0.2, 0.25) is 0 Å². The summed E-state index contributed by atoms with van der Waals surface area (Å²) in [6.07, 6.45) is 7.29. The number of fused-ring (bicyclic) bond motifs is 1. The van der Waals surface area contributed by atoms with E-state index < -0.39 is 0 Å². The van der Waals surface area contributed by atoms with E-state index >= 15 is 0 Å². The Bertz CT molecular complexity index is 866. The molecular formula is C23H26N2O2. The lowest BCUT2D eigenvalue weighted by Crippen LogP contribution is -2.43. The normalized spacial score (nSPS) is 19.4. The molecule has 1 fully saturated rings. The molecule has 0 atom stereocenters. The molecule has 1 aliphatic heterocycles. The second kappa shape index (κ2) is 7.55. The molecule has 1 saturated carbocycles. The molecule has 140 valence electrons. The molecule has 0 unspecified atom stereocenters. The van der Waals surface area contributed by atoms with E-state index in [1.165, 1.54) is 50.5 Å². The average Bonchev–Trinajstić information content (AvgIpc) is 2.72. The summed E-state index contributed by atoms with van der Waals surface area (Å²) in [6.45, 7) is 0.567. The third kappa shape index (κ3) is 3.61. The van der Waals surface area contributed by atoms with Gasteiger partial charge in [0.1, 0.15) is 5.84 Å². The van der Waals surface area contributed by atoms with Crippen LogP contribution in [0.4, 0.5) is 5.69 Å². The number of esters is 1. The fraction of sp³-hybridized carbons (Fsp3) is 0.391. The van der Waals surface area contributed by atoms with Gasteiger partial charge >= 0.3 is 5.97 Å². The van der Waals surface area contributed by atoms with Crippen molar-refractivity contribution in [3.8, 4) is 0 Å². The molecule has 0 radical (unpaired) electrons. The molecule has 27 heavy (non-hydrogen) atoms. The Hall–Kier alpha value is -2.62. The van der Waals surface area contributed by atoms with E-state index in [1.807, 2.05) is 18.2 Å². The summed E-state index contributed by atoms with van der Waals surface area (Å²) in [7, 11) is 1.41. The highest BCUT2D eigenvalue weighted by molar-refractivity contribution is 6.02. The average molecular weight is 362 g/mol. The molecule has 4 nitrogen and oxygen atoms in total. The molecule has 1 heterocycles. The first-order chi connectivity index (χ1) is 13.2. The Balaban J connectivity index is 1.63. The number of nitrogens with one attached hydrogen (secondary N) is 1. The Morgan fingerprint density at radius 2 is 1.93 bits per heavy atom. The van der Waals surface area contributed by atoms with Crippen LogP contribution in [-0.4, -0.2) is 18.9 Å². The van der Waals surface area contributed by atoms with Crippen LogP contribution in [0.15, 0.2) is 53.5 Å². The molecule has 0 bridgehead atoms. The van der Waals surface area contributed by atoms with Gasteiger partial charge in [-0.15, -0.1) is 0 Å². The predicted octanol–water partition coefficient (Wildman–Crippen LogP) is 4.99. The van der Waals surface area contributed by atoms with Gasteiger partial charge in [0.15, 0.2) is 0 Å². The van der Waals surface area contributed by atoms with Crippen LogP contribution in [0.2, 0.25) is 0 Å². The molecule has 4 rings (SSSR count). The number of ether oxygens (including phenoxy) is 1. The van der Waals surface area contributed by atoms with Gasteiger partial charge in [-0.05, 0) is 48.6 Å². The zero-order valence-electron chi connectivity index (χ0n) is 15.8. The quantitative estimate of drug-likeness (QED) is 0.783. The van der Waals surface area contributed by atoms with Crippen molar-refractivity contribution in [1.29, 1.82) is 0 Å². The van der Waals surface area contributed by atoms with E-state index in [2.05, 4.69) is 29.6 Å². The molecule has 2 aromatic carbocycles. The third-order valence-electron chi connectivity index (χ3n) is 5.88. The monoisotopic (exact) mass is 362 g/mol. The number of nitrogens with zero attached hydrogens (tertiary/aromatic N) is 1. The summed E-state index contributed by atoms with van der Waals surface area (Å²) in [6, 6.07) is 16.1. The second-order valence-corrected chi connectivity index (χ2v) is 7.66. The highest BCUT2D eigenvalue weighted by Crippen LogP contribution is 2.45. The van der Waals surface area contributed by atoms with Crippen molar-refractivity contribution in [2.45, 2.75) is 45.1 Å². The zero-order valence-corrected chi connectivity index (χ0v) is 15.8. The van der Waals surface area contributed by atoms with Gasteiger partial charge in [-0.3, -0.25) is 4.99 Å². The van der Waals surface area contributed by atoms with E-state index in [0.29, 0.717) is 12.1 Å². The summed E-state index contributed by atoms with van der Waals surface area (Å²) < 4.78 is 4.83. The molecule has 0 saturated heterocycles. The third-order valence-corrected chi connectivity index (χ3v) is 5.88. The number of rotatable bonds is 3. The number of para-hydroxylation sites is 1. The van der Waals surface area contributed by atoms with E-state index in [0.717, 1.165) is 17.8 Å². The maximum atomic E-state index is 11.8. The van der Waals surface area contributed by atoms with Gasteiger partial charge in [0.25, 0.3) is 0 Å². The number of anilines is 1.